The van der Waals surface area contributed by atoms with Gasteiger partial charge in [0, 0.05) is 37.0 Å². The molecular formula is C34H36F4N4O6S2. The predicted octanol–water partition coefficient (Wildman–Crippen LogP) is 5.88. The van der Waals surface area contributed by atoms with Crippen LogP contribution in [0.15, 0.2) is 95.9 Å². The number of aliphatic hydroxyl groups excluding tert-OH is 1. The summed E-state index contributed by atoms with van der Waals surface area (Å²) in [5, 5.41) is 14.7. The number of sulfonamides is 1. The van der Waals surface area contributed by atoms with Crippen molar-refractivity contribution in [2.75, 3.05) is 19.5 Å². The molecule has 2 amide bonds. The maximum Gasteiger partial charge on any atom is 0.413 e. The van der Waals surface area contributed by atoms with E-state index in [4.69, 9.17) is 15.3 Å². The number of alkyl halides is 3. The van der Waals surface area contributed by atoms with Gasteiger partial charge in [-0.05, 0) is 55.2 Å². The monoisotopic (exact) mass is 743 g/mol. The molecule has 0 fully saturated rings. The third-order valence-corrected chi connectivity index (χ3v) is 10.5. The summed E-state index contributed by atoms with van der Waals surface area (Å²) in [6.45, 7) is -9.63. The molecule has 0 radical (unpaired) electrons. The molecule has 0 saturated heterocycles. The first-order valence-electron chi connectivity index (χ1n) is 18.0. The van der Waals surface area contributed by atoms with E-state index in [1.807, 2.05) is 5.32 Å². The largest absolute Gasteiger partial charge is 0.453 e. The third kappa shape index (κ3) is 8.61. The highest BCUT2D eigenvalue weighted by molar-refractivity contribution is 7.89. The Morgan fingerprint density at radius 1 is 0.980 bits per heavy atom. The number of aliphatic hydroxyl groups is 1. The summed E-state index contributed by atoms with van der Waals surface area (Å²) in [5.41, 5.74) is 6.04. The first-order valence-corrected chi connectivity index (χ1v) is 16.8. The zero-order valence-corrected chi connectivity index (χ0v) is 27.7. The minimum atomic E-state index is -5.78. The Kier molecular flexibility index (Phi) is 9.37. The maximum atomic E-state index is 15.2. The molecule has 1 heterocycles. The molecule has 0 bridgehead atoms. The summed E-state index contributed by atoms with van der Waals surface area (Å²) in [6, 6.07) is 8.29. The fraction of sp³-hybridized carbons (Fsp3) is 0.294. The highest BCUT2D eigenvalue weighted by Crippen LogP contribution is 2.41. The van der Waals surface area contributed by atoms with Crippen molar-refractivity contribution in [3.8, 4) is 0 Å². The van der Waals surface area contributed by atoms with Gasteiger partial charge in [0.25, 0.3) is 0 Å². The number of amides is 2. The summed E-state index contributed by atoms with van der Waals surface area (Å²) >= 11 is 0.0802. The molecule has 3 aromatic carbocycles. The van der Waals surface area contributed by atoms with E-state index in [0.717, 1.165) is 25.3 Å². The summed E-state index contributed by atoms with van der Waals surface area (Å²) in [5.74, 6) is -4.05. The molecular weight excluding hydrogens is 701 g/mol. The highest BCUT2D eigenvalue weighted by atomic mass is 32.2. The number of nitrogens with one attached hydrogen (secondary N) is 2. The fourth-order valence-electron chi connectivity index (χ4n) is 5.19. The molecule has 10 nitrogen and oxygen atoms in total. The van der Waals surface area contributed by atoms with Gasteiger partial charge in [-0.25, -0.2) is 17.6 Å². The van der Waals surface area contributed by atoms with Gasteiger partial charge in [0.1, 0.15) is 16.8 Å². The molecule has 5 N–H and O–H groups in total. The number of halogens is 4. The Labute approximate surface area is 300 Å². The minimum Gasteiger partial charge on any atom is -0.453 e. The second-order valence-corrected chi connectivity index (χ2v) is 13.6. The molecule has 0 aliphatic carbocycles. The summed E-state index contributed by atoms with van der Waals surface area (Å²) in [4.78, 5) is 23.8. The van der Waals surface area contributed by atoms with Gasteiger partial charge >= 0.3 is 12.3 Å². The number of alkyl carbamates (subject to hydrolysis) is 1. The number of hydrogen-bond acceptors (Lipinski definition) is 8. The van der Waals surface area contributed by atoms with Crippen molar-refractivity contribution in [3.63, 3.8) is 0 Å². The summed E-state index contributed by atoms with van der Waals surface area (Å²) < 4.78 is 149. The van der Waals surface area contributed by atoms with Crippen molar-refractivity contribution in [2.45, 2.75) is 54.8 Å². The number of nitrogen functional groups attached to an aromatic ring is 1. The lowest BCUT2D eigenvalue weighted by atomic mass is 9.84. The molecule has 4 aromatic rings. The van der Waals surface area contributed by atoms with Crippen LogP contribution in [-0.4, -0.2) is 61.8 Å². The fourth-order valence-corrected chi connectivity index (χ4v) is 7.94. The number of carbonyl (C=O) groups excluding carboxylic acids is 2. The van der Waals surface area contributed by atoms with Crippen LogP contribution in [0.3, 0.4) is 0 Å². The lowest BCUT2D eigenvalue weighted by Gasteiger charge is -2.32. The van der Waals surface area contributed by atoms with Gasteiger partial charge in [0.15, 0.2) is 6.04 Å². The molecule has 1 aromatic heterocycles. The number of ether oxygens (including phenoxy) is 1. The molecule has 0 spiro atoms. The zero-order valence-electron chi connectivity index (χ0n) is 33.0. The van der Waals surface area contributed by atoms with E-state index < -0.39 is 103 Å². The van der Waals surface area contributed by atoms with E-state index in [1.165, 1.54) is 0 Å². The summed E-state index contributed by atoms with van der Waals surface area (Å²) in [7, 11) is -4.81. The van der Waals surface area contributed by atoms with E-state index in [0.29, 0.717) is 23.3 Å². The number of nitrogens with zero attached hydrogens (tertiary/aromatic N) is 1. The highest BCUT2D eigenvalue weighted by Gasteiger charge is 2.46. The van der Waals surface area contributed by atoms with Gasteiger partial charge in [-0.3, -0.25) is 4.79 Å². The van der Waals surface area contributed by atoms with Crippen LogP contribution < -0.4 is 16.4 Å². The Hall–Kier alpha value is -4.51. The van der Waals surface area contributed by atoms with Crippen LogP contribution >= 0.6 is 11.3 Å². The zero-order chi connectivity index (χ0) is 42.7. The first-order chi connectivity index (χ1) is 26.4. The van der Waals surface area contributed by atoms with Crippen molar-refractivity contribution in [3.05, 3.63) is 118 Å². The molecule has 3 atom stereocenters. The number of rotatable bonds is 13. The van der Waals surface area contributed by atoms with Crippen molar-refractivity contribution < 1.29 is 55.0 Å². The topological polar surface area (TPSA) is 151 Å². The van der Waals surface area contributed by atoms with Gasteiger partial charge in [-0.2, -0.15) is 17.5 Å². The normalized spacial score (nSPS) is 16.8. The molecule has 268 valence electrons. The molecule has 0 aliphatic heterocycles. The van der Waals surface area contributed by atoms with E-state index in [-0.39, 0.29) is 17.0 Å². The predicted molar refractivity (Wildman–Crippen MR) is 180 cm³/mol. The number of methoxy groups -OCH3 is 1. The number of carbonyl (C=O) groups is 2. The molecule has 16 heteroatoms. The number of nitrogens with two attached hydrogens (primary N) is 1. The van der Waals surface area contributed by atoms with E-state index >= 15 is 4.39 Å². The average molecular weight is 744 g/mol. The van der Waals surface area contributed by atoms with Gasteiger partial charge < -0.3 is 26.2 Å². The minimum absolute atomic E-state index is 0.0802. The molecule has 4 rings (SSSR count). The molecule has 50 heavy (non-hydrogen) atoms. The van der Waals surface area contributed by atoms with Crippen LogP contribution in [0, 0.1) is 5.82 Å². The molecule has 0 saturated carbocycles. The molecule has 0 aliphatic rings. The number of benzene rings is 3. The Balaban J connectivity index is 1.88. The van der Waals surface area contributed by atoms with Crippen molar-refractivity contribution in [1.82, 2.24) is 14.9 Å². The Morgan fingerprint density at radius 2 is 1.56 bits per heavy atom. The SMILES string of the molecule is [2H]C([2H])([2H])C([2H])(N([C@H](CO)c1ccc([C@@H](NC(=O)[C@@H](NC(=O)OC)C(c2ccccc2)c2ccccc2)C(F)(F)F)s1)S(=O)(=O)c1ccc(N)cc1F)C([2H])([2H])[2H]. The Morgan fingerprint density at radius 3 is 2.06 bits per heavy atom. The maximum absolute atomic E-state index is 15.2. The lowest BCUT2D eigenvalue weighted by Crippen LogP contribution is -2.52. The average Bonchev–Trinajstić information content (AvgIpc) is 3.60. The number of thiophene rings is 1. The van der Waals surface area contributed by atoms with Gasteiger partial charge in [-0.15, -0.1) is 11.3 Å². The quantitative estimate of drug-likeness (QED) is 0.0987. The number of hydrogen-bond donors (Lipinski definition) is 4. The smallest absolute Gasteiger partial charge is 0.413 e. The lowest BCUT2D eigenvalue weighted by molar-refractivity contribution is -0.163. The second-order valence-electron chi connectivity index (χ2n) is 10.7. The standard InChI is InChI=1S/C34H36F4N4O6S2/c1-20(2)42(50(46,47)28-17-14-23(39)18-24(28)35)25(19-43)26-15-16-27(49-26)31(34(36,37)38)41-32(44)30(40-33(45)48-3)29(21-10-6-4-7-11-21)22-12-8-5-9-13-22/h4-18,20,25,29-31,43H,19,39H2,1-3H3,(H,40,45)(H,41,44)/t25-,30+,31-/m1/s1/i1D3,2D3,20D. The van der Waals surface area contributed by atoms with Crippen LogP contribution in [0.1, 0.15) is 62.2 Å². The van der Waals surface area contributed by atoms with E-state index in [9.17, 15) is 36.3 Å². The third-order valence-electron chi connectivity index (χ3n) is 7.44. The van der Waals surface area contributed by atoms with Crippen molar-refractivity contribution >= 4 is 39.0 Å². The van der Waals surface area contributed by atoms with Crippen LogP contribution in [0.5, 0.6) is 0 Å². The van der Waals surface area contributed by atoms with Crippen molar-refractivity contribution in [1.29, 1.82) is 0 Å². The summed E-state index contributed by atoms with van der Waals surface area (Å²) in [6.07, 6.45) is -6.48. The molecule has 0 unspecified atom stereocenters. The van der Waals surface area contributed by atoms with Gasteiger partial charge in [0.05, 0.1) is 19.8 Å². The van der Waals surface area contributed by atoms with Crippen LogP contribution in [0.2, 0.25) is 0 Å². The van der Waals surface area contributed by atoms with Crippen LogP contribution in [0.25, 0.3) is 0 Å². The first kappa shape index (κ1) is 29.2. The van der Waals surface area contributed by atoms with Crippen LogP contribution in [0.4, 0.5) is 28.0 Å². The van der Waals surface area contributed by atoms with E-state index in [1.54, 1.807) is 60.7 Å². The second kappa shape index (κ2) is 16.0. The van der Waals surface area contributed by atoms with E-state index in [2.05, 4.69) is 10.1 Å². The van der Waals surface area contributed by atoms with Gasteiger partial charge in [-0.1, -0.05) is 60.7 Å². The Bertz CT molecular complexity index is 2090. The van der Waals surface area contributed by atoms with Gasteiger partial charge in [0.2, 0.25) is 15.9 Å². The van der Waals surface area contributed by atoms with Crippen molar-refractivity contribution in [2.24, 2.45) is 0 Å². The number of anilines is 1. The van der Waals surface area contributed by atoms with Crippen LogP contribution in [-0.2, 0) is 19.6 Å².